The molecule has 134 valence electrons. The molecule has 25 heavy (non-hydrogen) atoms. The maximum Gasteiger partial charge on any atom is 0.224 e. The Kier molecular flexibility index (Phi) is 7.09. The fourth-order valence-electron chi connectivity index (χ4n) is 2.66. The Bertz CT molecular complexity index is 715. The minimum Gasteiger partial charge on any atom is -0.497 e. The molecule has 6 heteroatoms. The van der Waals surface area contributed by atoms with E-state index < -0.39 is 0 Å². The molecule has 0 aliphatic heterocycles. The van der Waals surface area contributed by atoms with E-state index in [2.05, 4.69) is 30.2 Å². The van der Waals surface area contributed by atoms with Crippen molar-refractivity contribution in [3.8, 4) is 5.75 Å². The third-order valence-corrected chi connectivity index (χ3v) is 4.79. The highest BCUT2D eigenvalue weighted by Crippen LogP contribution is 2.27. The minimum atomic E-state index is -0.122. The molecule has 0 saturated carbocycles. The van der Waals surface area contributed by atoms with Crippen molar-refractivity contribution in [3.05, 3.63) is 57.8 Å². The van der Waals surface area contributed by atoms with E-state index >= 15 is 0 Å². The zero-order chi connectivity index (χ0) is 18.4. The van der Waals surface area contributed by atoms with Crippen LogP contribution in [0, 0.1) is 5.92 Å². The summed E-state index contributed by atoms with van der Waals surface area (Å²) in [7, 11) is 1.65. The molecule has 0 fully saturated rings. The van der Waals surface area contributed by atoms with Gasteiger partial charge in [-0.05, 0) is 23.6 Å². The molecule has 0 aliphatic rings. The van der Waals surface area contributed by atoms with Gasteiger partial charge >= 0.3 is 0 Å². The molecule has 4 nitrogen and oxygen atoms in total. The fraction of sp³-hybridized carbons (Fsp3) is 0.368. The quantitative estimate of drug-likeness (QED) is 0.769. The monoisotopic (exact) mass is 380 g/mol. The van der Waals surface area contributed by atoms with E-state index in [1.54, 1.807) is 7.11 Å². The number of methoxy groups -OCH3 is 1. The van der Waals surface area contributed by atoms with Crippen molar-refractivity contribution in [1.29, 1.82) is 0 Å². The Labute approximate surface area is 158 Å². The summed E-state index contributed by atoms with van der Waals surface area (Å²) in [6.45, 7) is 4.80. The summed E-state index contributed by atoms with van der Waals surface area (Å²) in [5.41, 5.74) is 1.73. The number of hydrogen-bond acceptors (Lipinski definition) is 3. The lowest BCUT2D eigenvalue weighted by molar-refractivity contribution is -0.120. The Morgan fingerprint density at radius 2 is 1.92 bits per heavy atom. The van der Waals surface area contributed by atoms with E-state index in [0.717, 1.165) is 11.3 Å². The lowest BCUT2D eigenvalue weighted by Gasteiger charge is -2.22. The summed E-state index contributed by atoms with van der Waals surface area (Å²) in [6, 6.07) is 7.93. The van der Waals surface area contributed by atoms with E-state index in [-0.39, 0.29) is 18.2 Å². The summed E-state index contributed by atoms with van der Waals surface area (Å²) < 4.78 is 5.29. The first kappa shape index (κ1) is 19.5. The van der Waals surface area contributed by atoms with Gasteiger partial charge in [0.25, 0.3) is 0 Å². The van der Waals surface area contributed by atoms with Crippen LogP contribution in [-0.2, 0) is 11.2 Å². The van der Waals surface area contributed by atoms with E-state index in [9.17, 15) is 4.79 Å². The SMILES string of the molecule is COc1cccc(C(CNC(=O)Cc2c(Cl)cncc2Cl)C(C)C)c1. The van der Waals surface area contributed by atoms with Crippen LogP contribution in [0.3, 0.4) is 0 Å². The largest absolute Gasteiger partial charge is 0.497 e. The van der Waals surface area contributed by atoms with Gasteiger partial charge in [-0.25, -0.2) is 0 Å². The predicted molar refractivity (Wildman–Crippen MR) is 102 cm³/mol. The number of carbonyl (C=O) groups excluding carboxylic acids is 1. The second-order valence-electron chi connectivity index (χ2n) is 6.19. The van der Waals surface area contributed by atoms with Crippen LogP contribution in [0.1, 0.15) is 30.9 Å². The molecule has 0 spiro atoms. The number of ether oxygens (including phenoxy) is 1. The predicted octanol–water partition coefficient (Wildman–Crippen LogP) is 4.50. The number of benzene rings is 1. The first-order valence-electron chi connectivity index (χ1n) is 8.11. The first-order valence-corrected chi connectivity index (χ1v) is 8.86. The molecule has 1 aromatic heterocycles. The molecule has 1 N–H and O–H groups in total. The summed E-state index contributed by atoms with van der Waals surface area (Å²) in [5, 5.41) is 3.78. The van der Waals surface area contributed by atoms with Gasteiger partial charge in [-0.15, -0.1) is 0 Å². The number of nitrogens with one attached hydrogen (secondary N) is 1. The van der Waals surface area contributed by atoms with Crippen LogP contribution < -0.4 is 10.1 Å². The van der Waals surface area contributed by atoms with Crippen molar-refractivity contribution in [1.82, 2.24) is 10.3 Å². The number of nitrogens with zero attached hydrogens (tertiary/aromatic N) is 1. The van der Waals surface area contributed by atoms with Gasteiger partial charge in [0, 0.05) is 30.4 Å². The number of amides is 1. The second kappa shape index (κ2) is 9.07. The molecule has 2 aromatic rings. The van der Waals surface area contributed by atoms with Gasteiger partial charge in [0.1, 0.15) is 5.75 Å². The van der Waals surface area contributed by atoms with Gasteiger partial charge in [-0.2, -0.15) is 0 Å². The van der Waals surface area contributed by atoms with Gasteiger partial charge in [-0.3, -0.25) is 9.78 Å². The molecule has 1 heterocycles. The van der Waals surface area contributed by atoms with Crippen LogP contribution in [0.25, 0.3) is 0 Å². The van der Waals surface area contributed by atoms with Gasteiger partial charge in [0.05, 0.1) is 23.6 Å². The Balaban J connectivity index is 2.04. The van der Waals surface area contributed by atoms with Crippen molar-refractivity contribution in [2.45, 2.75) is 26.2 Å². The summed E-state index contributed by atoms with van der Waals surface area (Å²) in [6.07, 6.45) is 3.11. The van der Waals surface area contributed by atoms with Crippen LogP contribution in [0.2, 0.25) is 10.0 Å². The molecule has 0 bridgehead atoms. The number of halogens is 2. The van der Waals surface area contributed by atoms with Crippen molar-refractivity contribution in [2.24, 2.45) is 5.92 Å². The standard InChI is InChI=1S/C19H22Cl2N2O2/c1-12(2)16(13-5-4-6-14(7-13)25-3)9-23-19(24)8-15-17(20)10-22-11-18(15)21/h4-7,10-12,16H,8-9H2,1-3H3,(H,23,24). The Hall–Kier alpha value is -1.78. The zero-order valence-corrected chi connectivity index (χ0v) is 16.1. The highest BCUT2D eigenvalue weighted by Gasteiger charge is 2.18. The normalized spacial score (nSPS) is 12.1. The van der Waals surface area contributed by atoms with Crippen LogP contribution >= 0.6 is 23.2 Å². The molecular weight excluding hydrogens is 359 g/mol. The maximum absolute atomic E-state index is 12.3. The average Bonchev–Trinajstić information content (AvgIpc) is 2.58. The molecule has 1 amide bonds. The highest BCUT2D eigenvalue weighted by atomic mass is 35.5. The lowest BCUT2D eigenvalue weighted by atomic mass is 9.88. The summed E-state index contributed by atoms with van der Waals surface area (Å²) >= 11 is 12.2. The smallest absolute Gasteiger partial charge is 0.224 e. The van der Waals surface area contributed by atoms with Crippen LogP contribution in [0.15, 0.2) is 36.7 Å². The lowest BCUT2D eigenvalue weighted by Crippen LogP contribution is -2.31. The van der Waals surface area contributed by atoms with Crippen molar-refractivity contribution in [2.75, 3.05) is 13.7 Å². The molecule has 0 radical (unpaired) electrons. The molecule has 1 unspecified atom stereocenters. The number of pyridine rings is 1. The van der Waals surface area contributed by atoms with Crippen molar-refractivity contribution >= 4 is 29.1 Å². The van der Waals surface area contributed by atoms with E-state index in [1.807, 2.05) is 18.2 Å². The van der Waals surface area contributed by atoms with Crippen LogP contribution in [0.4, 0.5) is 0 Å². The summed E-state index contributed by atoms with van der Waals surface area (Å²) in [5.74, 6) is 1.23. The van der Waals surface area contributed by atoms with E-state index in [1.165, 1.54) is 12.4 Å². The third-order valence-electron chi connectivity index (χ3n) is 4.14. The molecule has 1 atom stereocenters. The number of carbonyl (C=O) groups is 1. The molecular formula is C19H22Cl2N2O2. The average molecular weight is 381 g/mol. The fourth-order valence-corrected chi connectivity index (χ4v) is 3.16. The number of aromatic nitrogens is 1. The van der Waals surface area contributed by atoms with Gasteiger partial charge in [-0.1, -0.05) is 49.2 Å². The Morgan fingerprint density at radius 3 is 2.52 bits per heavy atom. The van der Waals surface area contributed by atoms with Gasteiger partial charge < -0.3 is 10.1 Å². The van der Waals surface area contributed by atoms with E-state index in [0.29, 0.717) is 28.1 Å². The number of rotatable bonds is 7. The first-order chi connectivity index (χ1) is 11.9. The molecule has 2 rings (SSSR count). The molecule has 0 saturated heterocycles. The zero-order valence-electron chi connectivity index (χ0n) is 14.6. The topological polar surface area (TPSA) is 51.2 Å². The maximum atomic E-state index is 12.3. The Morgan fingerprint density at radius 1 is 1.24 bits per heavy atom. The van der Waals surface area contributed by atoms with Crippen molar-refractivity contribution < 1.29 is 9.53 Å². The molecule has 1 aromatic carbocycles. The van der Waals surface area contributed by atoms with Gasteiger partial charge in [0.2, 0.25) is 5.91 Å². The second-order valence-corrected chi connectivity index (χ2v) is 7.00. The van der Waals surface area contributed by atoms with Crippen LogP contribution in [-0.4, -0.2) is 24.5 Å². The van der Waals surface area contributed by atoms with Crippen LogP contribution in [0.5, 0.6) is 5.75 Å². The number of hydrogen-bond donors (Lipinski definition) is 1. The molecule has 0 aliphatic carbocycles. The van der Waals surface area contributed by atoms with Crippen molar-refractivity contribution in [3.63, 3.8) is 0 Å². The van der Waals surface area contributed by atoms with Gasteiger partial charge in [0.15, 0.2) is 0 Å². The third kappa shape index (κ3) is 5.35. The van der Waals surface area contributed by atoms with E-state index in [4.69, 9.17) is 27.9 Å². The minimum absolute atomic E-state index is 0.122. The summed E-state index contributed by atoms with van der Waals surface area (Å²) in [4.78, 5) is 16.2. The highest BCUT2D eigenvalue weighted by molar-refractivity contribution is 6.36.